The lowest BCUT2D eigenvalue weighted by Crippen LogP contribution is -2.10. The van der Waals surface area contributed by atoms with E-state index < -0.39 is 5.91 Å². The van der Waals surface area contributed by atoms with Gasteiger partial charge >= 0.3 is 0 Å². The molecule has 0 aliphatic rings. The number of rotatable bonds is 4. The predicted molar refractivity (Wildman–Crippen MR) is 109 cm³/mol. The first kappa shape index (κ1) is 18.5. The summed E-state index contributed by atoms with van der Waals surface area (Å²) in [6.07, 6.45) is 1.87. The molecule has 3 rings (SSSR count). The van der Waals surface area contributed by atoms with Crippen molar-refractivity contribution in [2.45, 2.75) is 13.8 Å². The summed E-state index contributed by atoms with van der Waals surface area (Å²) in [7, 11) is 0. The van der Waals surface area contributed by atoms with E-state index in [1.54, 1.807) is 24.3 Å². The summed E-state index contributed by atoms with van der Waals surface area (Å²) in [6.45, 7) is 4.00. The van der Waals surface area contributed by atoms with E-state index in [-0.39, 0.29) is 0 Å². The number of carbonyl (C=O) groups is 1. The highest BCUT2D eigenvalue weighted by molar-refractivity contribution is 6.30. The Hall–Kier alpha value is -3.29. The van der Waals surface area contributed by atoms with Crippen molar-refractivity contribution in [3.05, 3.63) is 87.7 Å². The summed E-state index contributed by atoms with van der Waals surface area (Å²) in [5.74, 6) is -0.451. The number of primary amides is 1. The Labute approximate surface area is 163 Å². The van der Waals surface area contributed by atoms with Gasteiger partial charge in [0.25, 0.3) is 0 Å². The van der Waals surface area contributed by atoms with E-state index in [0.29, 0.717) is 16.2 Å². The van der Waals surface area contributed by atoms with Crippen molar-refractivity contribution in [1.29, 1.82) is 5.26 Å². The van der Waals surface area contributed by atoms with Gasteiger partial charge in [-0.15, -0.1) is 0 Å². The van der Waals surface area contributed by atoms with Crippen LogP contribution in [0.3, 0.4) is 0 Å². The molecule has 0 aliphatic carbocycles. The SMILES string of the molecule is Cc1cc(/C=C(/C#N)c2ccc(Cl)cc2)c(C)n1-c1ccc(C(N)=O)cc1. The molecule has 1 amide bonds. The topological polar surface area (TPSA) is 71.8 Å². The Kier molecular flexibility index (Phi) is 5.16. The van der Waals surface area contributed by atoms with Crippen molar-refractivity contribution < 1.29 is 4.79 Å². The maximum absolute atomic E-state index is 11.3. The van der Waals surface area contributed by atoms with Crippen molar-refractivity contribution in [3.8, 4) is 11.8 Å². The normalized spacial score (nSPS) is 11.3. The third-order valence-corrected chi connectivity index (χ3v) is 4.71. The Morgan fingerprint density at radius 1 is 1.07 bits per heavy atom. The zero-order valence-electron chi connectivity index (χ0n) is 15.0. The number of aromatic nitrogens is 1. The van der Waals surface area contributed by atoms with Crippen LogP contribution in [0, 0.1) is 25.2 Å². The van der Waals surface area contributed by atoms with Crippen molar-refractivity contribution in [2.24, 2.45) is 5.73 Å². The van der Waals surface area contributed by atoms with E-state index in [2.05, 4.69) is 10.6 Å². The second kappa shape index (κ2) is 7.53. The molecule has 0 atom stereocenters. The number of aryl methyl sites for hydroxylation is 1. The first-order valence-corrected chi connectivity index (χ1v) is 8.75. The van der Waals surface area contributed by atoms with E-state index in [1.807, 2.05) is 50.3 Å². The highest BCUT2D eigenvalue weighted by Gasteiger charge is 2.11. The molecular weight excluding hydrogens is 358 g/mol. The molecule has 1 aromatic heterocycles. The fraction of sp³-hybridized carbons (Fsp3) is 0.0909. The first-order chi connectivity index (χ1) is 12.9. The minimum absolute atomic E-state index is 0.451. The molecule has 4 nitrogen and oxygen atoms in total. The highest BCUT2D eigenvalue weighted by atomic mass is 35.5. The number of carbonyl (C=O) groups excluding carboxylic acids is 1. The highest BCUT2D eigenvalue weighted by Crippen LogP contribution is 2.26. The van der Waals surface area contributed by atoms with Crippen LogP contribution in [0.1, 0.15) is 32.9 Å². The number of amides is 1. The quantitative estimate of drug-likeness (QED) is 0.658. The zero-order valence-corrected chi connectivity index (χ0v) is 15.8. The number of halogens is 1. The lowest BCUT2D eigenvalue weighted by molar-refractivity contribution is 0.100. The van der Waals surface area contributed by atoms with Crippen LogP contribution in [0.4, 0.5) is 0 Å². The van der Waals surface area contributed by atoms with Gasteiger partial charge in [-0.25, -0.2) is 0 Å². The molecule has 0 fully saturated rings. The van der Waals surface area contributed by atoms with Crippen molar-refractivity contribution in [1.82, 2.24) is 4.57 Å². The van der Waals surface area contributed by atoms with Crippen LogP contribution in [0.15, 0.2) is 54.6 Å². The molecule has 3 aromatic rings. The number of hydrogen-bond donors (Lipinski definition) is 1. The van der Waals surface area contributed by atoms with Gasteiger partial charge in [0.05, 0.1) is 11.6 Å². The fourth-order valence-corrected chi connectivity index (χ4v) is 3.20. The number of benzene rings is 2. The van der Waals surface area contributed by atoms with Crippen LogP contribution in [0.25, 0.3) is 17.3 Å². The monoisotopic (exact) mass is 375 g/mol. The lowest BCUT2D eigenvalue weighted by atomic mass is 10.0. The molecule has 27 heavy (non-hydrogen) atoms. The average Bonchev–Trinajstić information content (AvgIpc) is 2.94. The molecule has 0 aliphatic heterocycles. The third-order valence-electron chi connectivity index (χ3n) is 4.46. The Balaban J connectivity index is 2.03. The summed E-state index contributed by atoms with van der Waals surface area (Å²) in [5, 5.41) is 10.2. The maximum Gasteiger partial charge on any atom is 0.248 e. The number of allylic oxidation sites excluding steroid dienone is 1. The maximum atomic E-state index is 11.3. The summed E-state index contributed by atoms with van der Waals surface area (Å²) < 4.78 is 2.08. The Morgan fingerprint density at radius 3 is 2.22 bits per heavy atom. The van der Waals surface area contributed by atoms with Gasteiger partial charge in [0.1, 0.15) is 0 Å². The number of nitrogens with zero attached hydrogens (tertiary/aromatic N) is 2. The first-order valence-electron chi connectivity index (χ1n) is 8.37. The fourth-order valence-electron chi connectivity index (χ4n) is 3.07. The molecule has 5 heteroatoms. The van der Waals surface area contributed by atoms with Gasteiger partial charge < -0.3 is 10.3 Å². The molecule has 0 radical (unpaired) electrons. The number of hydrogen-bond acceptors (Lipinski definition) is 2. The zero-order chi connectivity index (χ0) is 19.6. The van der Waals surface area contributed by atoms with Crippen LogP contribution < -0.4 is 5.73 Å². The van der Waals surface area contributed by atoms with E-state index >= 15 is 0 Å². The standard InChI is InChI=1S/C22H18ClN3O/c1-14-11-18(12-19(13-24)16-3-7-20(23)8-4-16)15(2)26(14)21-9-5-17(6-10-21)22(25)27/h3-12H,1-2H3,(H2,25,27)/b19-12-. The second-order valence-electron chi connectivity index (χ2n) is 6.25. The summed E-state index contributed by atoms with van der Waals surface area (Å²) >= 11 is 5.93. The van der Waals surface area contributed by atoms with Crippen molar-refractivity contribution >= 4 is 29.2 Å². The summed E-state index contributed by atoms with van der Waals surface area (Å²) in [5.41, 5.74) is 11.1. The molecule has 0 saturated carbocycles. The van der Waals surface area contributed by atoms with Gasteiger partial charge in [0, 0.05) is 27.7 Å². The molecular formula is C22H18ClN3O. The molecule has 1 heterocycles. The smallest absolute Gasteiger partial charge is 0.248 e. The largest absolute Gasteiger partial charge is 0.366 e. The van der Waals surface area contributed by atoms with E-state index in [4.69, 9.17) is 17.3 Å². The van der Waals surface area contributed by atoms with Crippen LogP contribution in [-0.4, -0.2) is 10.5 Å². The van der Waals surface area contributed by atoms with E-state index in [9.17, 15) is 10.1 Å². The van der Waals surface area contributed by atoms with E-state index in [0.717, 1.165) is 28.2 Å². The van der Waals surface area contributed by atoms with E-state index in [1.165, 1.54) is 0 Å². The molecule has 0 saturated heterocycles. The third kappa shape index (κ3) is 3.79. The van der Waals surface area contributed by atoms with Gasteiger partial charge in [-0.2, -0.15) is 5.26 Å². The lowest BCUT2D eigenvalue weighted by Gasteiger charge is -2.10. The van der Waals surface area contributed by atoms with Gasteiger partial charge in [-0.05, 0) is 73.5 Å². The number of nitriles is 1. The summed E-state index contributed by atoms with van der Waals surface area (Å²) in [6, 6.07) is 18.6. The number of nitrogens with two attached hydrogens (primary N) is 1. The molecule has 134 valence electrons. The minimum Gasteiger partial charge on any atom is -0.366 e. The molecule has 2 aromatic carbocycles. The molecule has 2 N–H and O–H groups in total. The van der Waals surface area contributed by atoms with Crippen LogP contribution >= 0.6 is 11.6 Å². The Bertz CT molecular complexity index is 1070. The van der Waals surface area contributed by atoms with Gasteiger partial charge in [0.15, 0.2) is 0 Å². The van der Waals surface area contributed by atoms with Gasteiger partial charge in [-0.3, -0.25) is 4.79 Å². The summed E-state index contributed by atoms with van der Waals surface area (Å²) in [4.78, 5) is 11.3. The molecule has 0 bridgehead atoms. The average molecular weight is 376 g/mol. The molecule has 0 spiro atoms. The predicted octanol–water partition coefficient (Wildman–Crippen LogP) is 4.91. The second-order valence-corrected chi connectivity index (χ2v) is 6.69. The van der Waals surface area contributed by atoms with Crippen LogP contribution in [0.2, 0.25) is 5.02 Å². The van der Waals surface area contributed by atoms with Gasteiger partial charge in [-0.1, -0.05) is 23.7 Å². The molecule has 0 unspecified atom stereocenters. The van der Waals surface area contributed by atoms with Gasteiger partial charge in [0.2, 0.25) is 5.91 Å². The van der Waals surface area contributed by atoms with Crippen LogP contribution in [-0.2, 0) is 0 Å². The van der Waals surface area contributed by atoms with Crippen molar-refractivity contribution in [2.75, 3.05) is 0 Å². The van der Waals surface area contributed by atoms with Crippen LogP contribution in [0.5, 0.6) is 0 Å². The van der Waals surface area contributed by atoms with Crippen molar-refractivity contribution in [3.63, 3.8) is 0 Å². The minimum atomic E-state index is -0.451. The Morgan fingerprint density at radius 2 is 1.67 bits per heavy atom.